The number of hydrogen-bond donors (Lipinski definition) is 0. The van der Waals surface area contributed by atoms with Crippen molar-refractivity contribution in [3.63, 3.8) is 0 Å². The van der Waals surface area contributed by atoms with Crippen molar-refractivity contribution in [2.24, 2.45) is 0 Å². The second kappa shape index (κ2) is 25.3. The van der Waals surface area contributed by atoms with Crippen LogP contribution in [0.25, 0.3) is 64.9 Å². The highest BCUT2D eigenvalue weighted by Gasteiger charge is 2.24. The van der Waals surface area contributed by atoms with Gasteiger partial charge in [0, 0.05) is 69.3 Å². The zero-order valence-corrected chi connectivity index (χ0v) is 47.9. The molecule has 6 aromatic carbocycles. The molecule has 16 nitrogen and oxygen atoms in total. The summed E-state index contributed by atoms with van der Waals surface area (Å²) in [6.07, 6.45) is 15.2. The molecule has 6 aliphatic heterocycles. The van der Waals surface area contributed by atoms with Crippen molar-refractivity contribution in [2.45, 2.75) is 77.0 Å². The van der Waals surface area contributed by atoms with Gasteiger partial charge in [0.25, 0.3) is 0 Å². The van der Waals surface area contributed by atoms with Crippen molar-refractivity contribution in [2.75, 3.05) is 133 Å². The number of piperidine rings is 3. The van der Waals surface area contributed by atoms with Crippen LogP contribution in [0.3, 0.4) is 0 Å². The Hall–Kier alpha value is -6.98. The first kappa shape index (κ1) is 54.3. The second-order valence-corrected chi connectivity index (χ2v) is 22.7. The molecule has 6 aliphatic rings. The van der Waals surface area contributed by atoms with Crippen LogP contribution < -0.4 is 47.4 Å². The molecule has 4 saturated heterocycles. The SMILES string of the molecule is COc1cc2c(OCCN3CCCCC3)nc3c4cc5c(cc4ccc3c2cc1OCCCN1CCCC1)OCO5.COc1cc2c(OCCN3CCCCC3)nc3c4cc5c(cc4ccc3c2cc1OCCN1CCCCC1)OCO5. The first-order chi connectivity index (χ1) is 40.5. The van der Waals surface area contributed by atoms with Crippen LogP contribution in [-0.2, 0) is 0 Å². The molecule has 8 heterocycles. The Morgan fingerprint density at radius 3 is 1.15 bits per heavy atom. The number of hydrogen-bond acceptors (Lipinski definition) is 16. The van der Waals surface area contributed by atoms with Gasteiger partial charge < -0.3 is 52.3 Å². The van der Waals surface area contributed by atoms with Crippen LogP contribution in [0.5, 0.6) is 57.8 Å². The molecule has 2 aromatic heterocycles. The minimum atomic E-state index is 0.239. The zero-order valence-electron chi connectivity index (χ0n) is 47.9. The first-order valence-electron chi connectivity index (χ1n) is 30.3. The number of fused-ring (bicyclic) bond motifs is 12. The topological polar surface area (TPSA) is 131 Å². The van der Waals surface area contributed by atoms with E-state index in [1.54, 1.807) is 14.2 Å². The van der Waals surface area contributed by atoms with Gasteiger partial charge in [0.2, 0.25) is 25.3 Å². The van der Waals surface area contributed by atoms with E-state index in [2.05, 4.69) is 56.0 Å². The molecule has 0 saturated carbocycles. The molecular formula is C66H78N6O10. The first-order valence-corrected chi connectivity index (χ1v) is 30.3. The monoisotopic (exact) mass is 1110 g/mol. The van der Waals surface area contributed by atoms with Crippen LogP contribution in [0, 0.1) is 0 Å². The third-order valence-electron chi connectivity index (χ3n) is 17.4. The lowest BCUT2D eigenvalue weighted by Gasteiger charge is -2.26. The third kappa shape index (κ3) is 11.8. The summed E-state index contributed by atoms with van der Waals surface area (Å²) in [5, 5.41) is 10.1. The van der Waals surface area contributed by atoms with Gasteiger partial charge >= 0.3 is 0 Å². The van der Waals surface area contributed by atoms with Gasteiger partial charge in [-0.15, -0.1) is 0 Å². The largest absolute Gasteiger partial charge is 0.493 e. The Kier molecular flexibility index (Phi) is 16.7. The van der Waals surface area contributed by atoms with Crippen molar-refractivity contribution < 1.29 is 47.4 Å². The Bertz CT molecular complexity index is 3560. The highest BCUT2D eigenvalue weighted by Crippen LogP contribution is 2.46. The van der Waals surface area contributed by atoms with Crippen LogP contribution in [0.15, 0.2) is 72.8 Å². The number of aromatic nitrogens is 2. The molecule has 8 aromatic rings. The van der Waals surface area contributed by atoms with E-state index in [1.165, 1.54) is 83.7 Å². The van der Waals surface area contributed by atoms with E-state index in [9.17, 15) is 0 Å². The van der Waals surface area contributed by atoms with Crippen LogP contribution in [0.4, 0.5) is 0 Å². The smallest absolute Gasteiger partial charge is 0.231 e. The van der Waals surface area contributed by atoms with Gasteiger partial charge in [-0.05, 0) is 169 Å². The van der Waals surface area contributed by atoms with E-state index in [0.717, 1.165) is 171 Å². The lowest BCUT2D eigenvalue weighted by Crippen LogP contribution is -2.33. The summed E-state index contributed by atoms with van der Waals surface area (Å²) in [6, 6.07) is 24.9. The van der Waals surface area contributed by atoms with Crippen molar-refractivity contribution >= 4 is 64.9 Å². The molecule has 0 amide bonds. The van der Waals surface area contributed by atoms with Gasteiger partial charge in [-0.1, -0.05) is 43.5 Å². The lowest BCUT2D eigenvalue weighted by molar-refractivity contribution is 0.173. The number of nitrogens with zero attached hydrogens (tertiary/aromatic N) is 6. The zero-order chi connectivity index (χ0) is 55.2. The Morgan fingerprint density at radius 2 is 0.720 bits per heavy atom. The molecule has 0 spiro atoms. The Labute approximate surface area is 480 Å². The number of methoxy groups -OCH3 is 2. The molecule has 14 rings (SSSR count). The highest BCUT2D eigenvalue weighted by molar-refractivity contribution is 6.18. The normalized spacial score (nSPS) is 17.7. The number of benzene rings is 6. The fourth-order valence-corrected chi connectivity index (χ4v) is 12.9. The quantitative estimate of drug-likeness (QED) is 0.0561. The van der Waals surface area contributed by atoms with Crippen LogP contribution in [0.1, 0.15) is 77.0 Å². The summed E-state index contributed by atoms with van der Waals surface area (Å²) < 4.78 is 60.0. The number of ether oxygens (including phenoxy) is 10. The molecule has 0 unspecified atom stereocenters. The average Bonchev–Trinajstić information content (AvgIpc) is 3.88. The number of likely N-dealkylation sites (tertiary alicyclic amines) is 4. The molecule has 0 bridgehead atoms. The van der Waals surface area contributed by atoms with E-state index >= 15 is 0 Å². The molecular weight excluding hydrogens is 1040 g/mol. The maximum atomic E-state index is 6.46. The highest BCUT2D eigenvalue weighted by atomic mass is 16.7. The minimum absolute atomic E-state index is 0.239. The Balaban J connectivity index is 0.000000154. The summed E-state index contributed by atoms with van der Waals surface area (Å²) >= 11 is 0. The molecule has 82 heavy (non-hydrogen) atoms. The van der Waals surface area contributed by atoms with Gasteiger partial charge in [0.05, 0.1) is 31.9 Å². The lowest BCUT2D eigenvalue weighted by atomic mass is 10.0. The van der Waals surface area contributed by atoms with Crippen molar-refractivity contribution in [3.05, 3.63) is 72.8 Å². The van der Waals surface area contributed by atoms with E-state index in [0.29, 0.717) is 49.7 Å². The van der Waals surface area contributed by atoms with Crippen LogP contribution >= 0.6 is 0 Å². The predicted molar refractivity (Wildman–Crippen MR) is 322 cm³/mol. The van der Waals surface area contributed by atoms with Crippen molar-refractivity contribution in [3.8, 4) is 57.8 Å². The van der Waals surface area contributed by atoms with Crippen LogP contribution in [-0.4, -0.2) is 162 Å². The minimum Gasteiger partial charge on any atom is -0.493 e. The molecule has 0 atom stereocenters. The summed E-state index contributed by atoms with van der Waals surface area (Å²) in [5.74, 6) is 7.16. The van der Waals surface area contributed by atoms with Gasteiger partial charge in [0.15, 0.2) is 46.0 Å². The molecule has 0 N–H and O–H groups in total. The summed E-state index contributed by atoms with van der Waals surface area (Å²) in [6.45, 7) is 15.9. The molecule has 16 heteroatoms. The predicted octanol–water partition coefficient (Wildman–Crippen LogP) is 12.0. The van der Waals surface area contributed by atoms with Gasteiger partial charge in [-0.3, -0.25) is 14.7 Å². The molecule has 4 fully saturated rings. The summed E-state index contributed by atoms with van der Waals surface area (Å²) in [7, 11) is 3.39. The molecule has 0 radical (unpaired) electrons. The Morgan fingerprint density at radius 1 is 0.354 bits per heavy atom. The van der Waals surface area contributed by atoms with Gasteiger partial charge in [-0.2, -0.15) is 0 Å². The van der Waals surface area contributed by atoms with Crippen molar-refractivity contribution in [1.82, 2.24) is 29.6 Å². The number of rotatable bonds is 19. The second-order valence-electron chi connectivity index (χ2n) is 22.7. The summed E-state index contributed by atoms with van der Waals surface area (Å²) in [5.41, 5.74) is 1.76. The maximum absolute atomic E-state index is 6.46. The summed E-state index contributed by atoms with van der Waals surface area (Å²) in [4.78, 5) is 20.2. The molecule has 0 aliphatic carbocycles. The number of pyridine rings is 2. The van der Waals surface area contributed by atoms with E-state index in [4.69, 9.17) is 57.3 Å². The van der Waals surface area contributed by atoms with Crippen molar-refractivity contribution in [1.29, 1.82) is 0 Å². The maximum Gasteiger partial charge on any atom is 0.231 e. The van der Waals surface area contributed by atoms with Crippen LogP contribution in [0.2, 0.25) is 0 Å². The van der Waals surface area contributed by atoms with Gasteiger partial charge in [-0.25, -0.2) is 9.97 Å². The molecule has 432 valence electrons. The average molecular weight is 1120 g/mol. The standard InChI is InChI=1S/2C33H39N3O5/c1-37-28-21-27-26(20-30(28)38-16-14-35-10-4-2-5-11-35)24-9-8-23-18-29-31(41-22-40-29)19-25(23)32(24)34-33(27)39-17-15-36-12-6-3-7-13-36;1-37-28-21-27-26(20-30(28)38-16-7-14-35-12-5-6-13-35)24-9-8-23-18-29-31(41-22-40-29)19-25(23)32(24)34-33(27)39-17-15-36-10-3-2-4-11-36/h2*8-9,18-21H,2-7,10-17,22H2,1H3. The fraction of sp³-hybridized carbons (Fsp3) is 0.485. The van der Waals surface area contributed by atoms with Gasteiger partial charge in [0.1, 0.15) is 19.8 Å². The van der Waals surface area contributed by atoms with E-state index in [1.807, 2.05) is 36.4 Å². The van der Waals surface area contributed by atoms with E-state index in [-0.39, 0.29) is 13.6 Å². The van der Waals surface area contributed by atoms with E-state index < -0.39 is 0 Å². The fourth-order valence-electron chi connectivity index (χ4n) is 12.9. The third-order valence-corrected chi connectivity index (χ3v) is 17.4.